The van der Waals surface area contributed by atoms with Gasteiger partial charge in [0.1, 0.15) is 0 Å². The average Bonchev–Trinajstić information content (AvgIpc) is 2.49. The molecule has 0 aliphatic rings. The van der Waals surface area contributed by atoms with Crippen LogP contribution in [0.25, 0.3) is 11.1 Å². The molecule has 0 unspecified atom stereocenters. The third-order valence-corrected chi connectivity index (χ3v) is 3.89. The van der Waals surface area contributed by atoms with Crippen molar-refractivity contribution in [1.82, 2.24) is 0 Å². The number of aryl methyl sites for hydroxylation is 3. The van der Waals surface area contributed by atoms with E-state index in [0.717, 1.165) is 5.69 Å². The predicted octanol–water partition coefficient (Wildman–Crippen LogP) is 6.02. The fourth-order valence-corrected chi connectivity index (χ4v) is 2.75. The second-order valence-electron chi connectivity index (χ2n) is 5.86. The van der Waals surface area contributed by atoms with Gasteiger partial charge in [-0.25, -0.2) is 0 Å². The molecule has 1 nitrogen and oxygen atoms in total. The quantitative estimate of drug-likeness (QED) is 0.621. The molecule has 0 saturated heterocycles. The van der Waals surface area contributed by atoms with E-state index in [1.54, 1.807) is 0 Å². The van der Waals surface area contributed by atoms with Crippen molar-refractivity contribution in [1.29, 1.82) is 0 Å². The lowest BCUT2D eigenvalue weighted by Crippen LogP contribution is -1.96. The smallest absolute Gasteiger partial charge is 0.0493 e. The molecule has 0 amide bonds. The molecule has 22 heavy (non-hydrogen) atoms. The predicted molar refractivity (Wildman–Crippen MR) is 95.8 cm³/mol. The summed E-state index contributed by atoms with van der Waals surface area (Å²) in [7, 11) is 0. The molecule has 0 aliphatic carbocycles. The molecule has 3 rings (SSSR count). The van der Waals surface area contributed by atoms with Crippen LogP contribution in [-0.2, 0) is 0 Å². The van der Waals surface area contributed by atoms with Crippen LogP contribution in [-0.4, -0.2) is 0 Å². The fourth-order valence-electron chi connectivity index (χ4n) is 2.75. The number of benzene rings is 3. The van der Waals surface area contributed by atoms with Gasteiger partial charge in [0, 0.05) is 16.9 Å². The second kappa shape index (κ2) is 6.07. The first-order valence-corrected chi connectivity index (χ1v) is 7.64. The van der Waals surface area contributed by atoms with Gasteiger partial charge in [-0.3, -0.25) is 0 Å². The summed E-state index contributed by atoms with van der Waals surface area (Å²) in [6.07, 6.45) is 0. The molecule has 0 spiro atoms. The highest BCUT2D eigenvalue weighted by Crippen LogP contribution is 2.33. The topological polar surface area (TPSA) is 12.0 Å². The Kier molecular flexibility index (Phi) is 3.97. The van der Waals surface area contributed by atoms with Gasteiger partial charge < -0.3 is 5.32 Å². The third-order valence-electron chi connectivity index (χ3n) is 3.89. The van der Waals surface area contributed by atoms with E-state index in [-0.39, 0.29) is 0 Å². The van der Waals surface area contributed by atoms with Crippen molar-refractivity contribution < 1.29 is 0 Å². The van der Waals surface area contributed by atoms with Crippen LogP contribution < -0.4 is 5.32 Å². The number of rotatable bonds is 3. The summed E-state index contributed by atoms with van der Waals surface area (Å²) in [6.45, 7) is 6.40. The molecule has 0 radical (unpaired) electrons. The summed E-state index contributed by atoms with van der Waals surface area (Å²) in [4.78, 5) is 0. The Morgan fingerprint density at radius 3 is 2.09 bits per heavy atom. The van der Waals surface area contributed by atoms with Gasteiger partial charge in [-0.1, -0.05) is 60.2 Å². The highest BCUT2D eigenvalue weighted by Gasteiger charge is 2.08. The van der Waals surface area contributed by atoms with Crippen LogP contribution in [0.15, 0.2) is 66.7 Å². The lowest BCUT2D eigenvalue weighted by molar-refractivity contribution is 1.40. The molecule has 110 valence electrons. The Morgan fingerprint density at radius 2 is 1.36 bits per heavy atom. The first-order chi connectivity index (χ1) is 10.6. The van der Waals surface area contributed by atoms with E-state index in [1.165, 1.54) is 33.5 Å². The zero-order valence-corrected chi connectivity index (χ0v) is 13.4. The molecular weight excluding hydrogens is 266 g/mol. The average molecular weight is 287 g/mol. The molecule has 0 aliphatic heterocycles. The zero-order valence-electron chi connectivity index (χ0n) is 13.4. The molecular formula is C21H21N. The van der Waals surface area contributed by atoms with Crippen molar-refractivity contribution >= 4 is 11.4 Å². The molecule has 3 aromatic carbocycles. The first kappa shape index (κ1) is 14.4. The van der Waals surface area contributed by atoms with Gasteiger partial charge >= 0.3 is 0 Å². The molecule has 0 aromatic heterocycles. The second-order valence-corrected chi connectivity index (χ2v) is 5.86. The summed E-state index contributed by atoms with van der Waals surface area (Å²) in [6, 6.07) is 23.6. The van der Waals surface area contributed by atoms with Crippen molar-refractivity contribution in [2.24, 2.45) is 0 Å². The number of anilines is 2. The van der Waals surface area contributed by atoms with E-state index in [1.807, 2.05) is 0 Å². The Bertz CT molecular complexity index is 803. The van der Waals surface area contributed by atoms with Crippen LogP contribution >= 0.6 is 0 Å². The van der Waals surface area contributed by atoms with E-state index in [9.17, 15) is 0 Å². The molecule has 1 N–H and O–H groups in total. The molecule has 0 saturated carbocycles. The summed E-state index contributed by atoms with van der Waals surface area (Å²) < 4.78 is 0. The van der Waals surface area contributed by atoms with Crippen molar-refractivity contribution in [3.05, 3.63) is 83.4 Å². The van der Waals surface area contributed by atoms with Crippen molar-refractivity contribution in [2.75, 3.05) is 5.32 Å². The monoisotopic (exact) mass is 287 g/mol. The van der Waals surface area contributed by atoms with Gasteiger partial charge in [0.15, 0.2) is 0 Å². The maximum Gasteiger partial charge on any atom is 0.0493 e. The zero-order chi connectivity index (χ0) is 15.5. The minimum Gasteiger partial charge on any atom is -0.355 e. The SMILES string of the molecule is Cc1cccc(Nc2c(C)cccc2-c2cccc(C)c2)c1. The Morgan fingerprint density at radius 1 is 0.682 bits per heavy atom. The van der Waals surface area contributed by atoms with E-state index in [4.69, 9.17) is 0 Å². The number of hydrogen-bond donors (Lipinski definition) is 1. The molecule has 1 heteroatoms. The van der Waals surface area contributed by atoms with Crippen LogP contribution in [0.5, 0.6) is 0 Å². The maximum atomic E-state index is 3.60. The summed E-state index contributed by atoms with van der Waals surface area (Å²) in [5.41, 5.74) is 8.59. The molecule has 0 atom stereocenters. The van der Waals surface area contributed by atoms with E-state index >= 15 is 0 Å². The highest BCUT2D eigenvalue weighted by atomic mass is 14.9. The van der Waals surface area contributed by atoms with Crippen LogP contribution in [0.2, 0.25) is 0 Å². The lowest BCUT2D eigenvalue weighted by atomic mass is 9.99. The van der Waals surface area contributed by atoms with Crippen LogP contribution in [0.3, 0.4) is 0 Å². The minimum atomic E-state index is 1.13. The van der Waals surface area contributed by atoms with Crippen LogP contribution in [0.1, 0.15) is 16.7 Å². The Hall–Kier alpha value is -2.54. The maximum absolute atomic E-state index is 3.60. The standard InChI is InChI=1S/C21H21N/c1-15-7-4-10-18(13-15)20-12-6-9-17(3)21(20)22-19-11-5-8-16(2)14-19/h4-14,22H,1-3H3. The fraction of sp³-hybridized carbons (Fsp3) is 0.143. The van der Waals surface area contributed by atoms with Crippen molar-refractivity contribution in [3.63, 3.8) is 0 Å². The largest absolute Gasteiger partial charge is 0.355 e. The van der Waals surface area contributed by atoms with Crippen molar-refractivity contribution in [3.8, 4) is 11.1 Å². The van der Waals surface area contributed by atoms with Crippen LogP contribution in [0.4, 0.5) is 11.4 Å². The summed E-state index contributed by atoms with van der Waals surface area (Å²) in [5.74, 6) is 0. The van der Waals surface area contributed by atoms with Gasteiger partial charge in [-0.2, -0.15) is 0 Å². The van der Waals surface area contributed by atoms with Gasteiger partial charge in [-0.15, -0.1) is 0 Å². The van der Waals surface area contributed by atoms with Gasteiger partial charge in [0.05, 0.1) is 0 Å². The van der Waals surface area contributed by atoms with Gasteiger partial charge in [-0.05, 0) is 49.6 Å². The van der Waals surface area contributed by atoms with E-state index < -0.39 is 0 Å². The third kappa shape index (κ3) is 3.04. The number of nitrogens with one attached hydrogen (secondary N) is 1. The van der Waals surface area contributed by atoms with Crippen LogP contribution in [0, 0.1) is 20.8 Å². The van der Waals surface area contributed by atoms with Gasteiger partial charge in [0.2, 0.25) is 0 Å². The summed E-state index contributed by atoms with van der Waals surface area (Å²) >= 11 is 0. The lowest BCUT2D eigenvalue weighted by Gasteiger charge is -2.16. The van der Waals surface area contributed by atoms with E-state index in [0.29, 0.717) is 0 Å². The molecule has 0 fully saturated rings. The molecule has 0 bridgehead atoms. The number of para-hydroxylation sites is 1. The Balaban J connectivity index is 2.07. The molecule has 0 heterocycles. The van der Waals surface area contributed by atoms with Crippen molar-refractivity contribution in [2.45, 2.75) is 20.8 Å². The first-order valence-electron chi connectivity index (χ1n) is 7.64. The highest BCUT2D eigenvalue weighted by molar-refractivity contribution is 5.83. The molecule has 3 aromatic rings. The van der Waals surface area contributed by atoms with E-state index in [2.05, 4.69) is 92.8 Å². The summed E-state index contributed by atoms with van der Waals surface area (Å²) in [5, 5.41) is 3.60. The number of hydrogen-bond acceptors (Lipinski definition) is 1. The Labute approximate surface area is 132 Å². The minimum absolute atomic E-state index is 1.13. The van der Waals surface area contributed by atoms with Gasteiger partial charge in [0.25, 0.3) is 0 Å². The normalized spacial score (nSPS) is 10.5.